The number of benzene rings is 2. The number of hydrogen-bond donors (Lipinski definition) is 0. The summed E-state index contributed by atoms with van der Waals surface area (Å²) in [5.41, 5.74) is 0.516. The summed E-state index contributed by atoms with van der Waals surface area (Å²) < 4.78 is -0.326. The highest BCUT2D eigenvalue weighted by molar-refractivity contribution is 8.93. The van der Waals surface area contributed by atoms with Crippen LogP contribution in [0.25, 0.3) is 0 Å². The fourth-order valence-corrected chi connectivity index (χ4v) is 2.09. The minimum Gasteiger partial charge on any atom is -0.288 e. The Hall–Kier alpha value is -0.940. The molecule has 0 spiro atoms. The number of rotatable bonds is 4. The number of allylic oxidation sites excluding steroid dienone is 1. The van der Waals surface area contributed by atoms with Gasteiger partial charge >= 0.3 is 0 Å². The van der Waals surface area contributed by atoms with Crippen LogP contribution in [0.2, 0.25) is 0 Å². The summed E-state index contributed by atoms with van der Waals surface area (Å²) in [4.78, 5) is 24.7. The number of halogens is 4. The van der Waals surface area contributed by atoms with E-state index in [1.165, 1.54) is 0 Å². The molecule has 0 aliphatic heterocycles. The topological polar surface area (TPSA) is 34.1 Å². The maximum atomic E-state index is 12.4. The largest absolute Gasteiger partial charge is 0.288 e. The van der Waals surface area contributed by atoms with Gasteiger partial charge in [-0.1, -0.05) is 83.9 Å². The Kier molecular flexibility index (Phi) is 9.53. The first-order chi connectivity index (χ1) is 9.61. The van der Waals surface area contributed by atoms with Gasteiger partial charge < -0.3 is 0 Å². The molecule has 0 saturated carbocycles. The molecule has 0 amide bonds. The molecule has 2 aromatic rings. The Morgan fingerprint density at radius 2 is 0.955 bits per heavy atom. The molecule has 0 atom stereocenters. The van der Waals surface area contributed by atoms with Crippen molar-refractivity contribution in [2.75, 3.05) is 0 Å². The van der Waals surface area contributed by atoms with Crippen molar-refractivity contribution in [1.82, 2.24) is 0 Å². The molecule has 0 fully saturated rings. The van der Waals surface area contributed by atoms with Gasteiger partial charge in [0.15, 0.2) is 11.6 Å². The van der Waals surface area contributed by atoms with E-state index in [0.717, 1.165) is 0 Å². The van der Waals surface area contributed by atoms with E-state index in [1.807, 2.05) is 0 Å². The normalized spacial score (nSPS) is 9.00. The molecule has 0 N–H and O–H groups in total. The van der Waals surface area contributed by atoms with Crippen LogP contribution in [-0.4, -0.2) is 11.6 Å². The van der Waals surface area contributed by atoms with Gasteiger partial charge in [-0.25, -0.2) is 0 Å². The second-order valence-electron chi connectivity index (χ2n) is 4.03. The summed E-state index contributed by atoms with van der Waals surface area (Å²) in [5.74, 6) is -0.973. The third-order valence-corrected chi connectivity index (χ3v) is 3.09. The minimum atomic E-state index is -0.487. The predicted octanol–water partition coefficient (Wildman–Crippen LogP) is 5.60. The van der Waals surface area contributed by atoms with E-state index in [2.05, 4.69) is 0 Å². The zero-order valence-electron chi connectivity index (χ0n) is 11.2. The molecule has 2 rings (SSSR count). The fraction of sp³-hybridized carbons (Fsp3) is 0. The predicted molar refractivity (Wildman–Crippen MR) is 101 cm³/mol. The molecular weight excluding hydrogens is 455 g/mol. The summed E-state index contributed by atoms with van der Waals surface area (Å²) in [7, 11) is 0. The van der Waals surface area contributed by atoms with E-state index in [-0.39, 0.29) is 44.0 Å². The molecule has 0 aromatic heterocycles. The number of ketones is 2. The van der Waals surface area contributed by atoms with E-state index in [9.17, 15) is 9.59 Å². The number of carbonyl (C=O) groups is 2. The molecule has 6 heteroatoms. The molecule has 0 heterocycles. The van der Waals surface area contributed by atoms with Crippen molar-refractivity contribution in [1.29, 1.82) is 0 Å². The van der Waals surface area contributed by atoms with Gasteiger partial charge in [-0.15, -0.1) is 34.0 Å². The SMILES string of the molecule is Br.Br.O=C(C(C(=O)c1ccccc1)=C(Cl)Cl)c1ccccc1. The van der Waals surface area contributed by atoms with E-state index >= 15 is 0 Å². The van der Waals surface area contributed by atoms with Gasteiger partial charge in [0.1, 0.15) is 10.1 Å². The maximum Gasteiger partial charge on any atom is 0.199 e. The monoisotopic (exact) mass is 464 g/mol. The van der Waals surface area contributed by atoms with Gasteiger partial charge in [-0.2, -0.15) is 0 Å². The highest BCUT2D eigenvalue weighted by atomic mass is 79.9. The van der Waals surface area contributed by atoms with Gasteiger partial charge in [0.25, 0.3) is 0 Å². The summed E-state index contributed by atoms with van der Waals surface area (Å²) in [5, 5.41) is 0. The Balaban J connectivity index is 0.00000220. The second-order valence-corrected chi connectivity index (χ2v) is 4.98. The van der Waals surface area contributed by atoms with Gasteiger partial charge in [-0.05, 0) is 0 Å². The molecule has 0 aliphatic rings. The van der Waals surface area contributed by atoms with Crippen molar-refractivity contribution in [2.45, 2.75) is 0 Å². The van der Waals surface area contributed by atoms with E-state index in [4.69, 9.17) is 23.2 Å². The van der Waals surface area contributed by atoms with Crippen LogP contribution in [0.3, 0.4) is 0 Å². The molecule has 0 radical (unpaired) electrons. The standard InChI is InChI=1S/C16H10Cl2O2.2BrH/c17-16(18)13(14(19)11-7-3-1-4-8-11)15(20)12-9-5-2-6-10-12;;/h1-10H;2*1H. The van der Waals surface area contributed by atoms with Crippen LogP contribution in [0.15, 0.2) is 70.7 Å². The van der Waals surface area contributed by atoms with Crippen molar-refractivity contribution in [3.8, 4) is 0 Å². The van der Waals surface area contributed by atoms with Crippen LogP contribution in [-0.2, 0) is 0 Å². The van der Waals surface area contributed by atoms with Crippen LogP contribution in [0.5, 0.6) is 0 Å². The van der Waals surface area contributed by atoms with Crippen LogP contribution in [0.1, 0.15) is 20.7 Å². The number of carbonyl (C=O) groups excluding carboxylic acids is 2. The van der Waals surface area contributed by atoms with Crippen LogP contribution in [0.4, 0.5) is 0 Å². The quantitative estimate of drug-likeness (QED) is 0.254. The average molecular weight is 467 g/mol. The van der Waals surface area contributed by atoms with Crippen molar-refractivity contribution in [2.24, 2.45) is 0 Å². The third kappa shape index (κ3) is 5.06. The molecule has 22 heavy (non-hydrogen) atoms. The molecular formula is C16H12Br2Cl2O2. The van der Waals surface area contributed by atoms with Gasteiger partial charge in [0.2, 0.25) is 0 Å². The molecule has 0 unspecified atom stereocenters. The lowest BCUT2D eigenvalue weighted by Gasteiger charge is -2.06. The lowest BCUT2D eigenvalue weighted by molar-refractivity contribution is 0.0962. The highest BCUT2D eigenvalue weighted by Gasteiger charge is 2.24. The van der Waals surface area contributed by atoms with Crippen LogP contribution < -0.4 is 0 Å². The minimum absolute atomic E-state index is 0. The van der Waals surface area contributed by atoms with E-state index in [1.54, 1.807) is 60.7 Å². The van der Waals surface area contributed by atoms with Gasteiger partial charge in [0, 0.05) is 11.1 Å². The Bertz CT molecular complexity index is 614. The first-order valence-corrected chi connectivity index (χ1v) is 6.61. The number of hydrogen-bond acceptors (Lipinski definition) is 2. The molecule has 2 aromatic carbocycles. The lowest BCUT2D eigenvalue weighted by atomic mass is 9.97. The highest BCUT2D eigenvalue weighted by Crippen LogP contribution is 2.22. The first kappa shape index (κ1) is 21.1. The van der Waals surface area contributed by atoms with E-state index in [0.29, 0.717) is 11.1 Å². The molecule has 2 nitrogen and oxygen atoms in total. The Morgan fingerprint density at radius 1 is 0.636 bits per heavy atom. The fourth-order valence-electron chi connectivity index (χ4n) is 1.74. The van der Waals surface area contributed by atoms with E-state index < -0.39 is 11.6 Å². The summed E-state index contributed by atoms with van der Waals surface area (Å²) in [6, 6.07) is 16.8. The lowest BCUT2D eigenvalue weighted by Crippen LogP contribution is -2.14. The number of Topliss-reactive ketones (excluding diaryl/α,β-unsaturated/α-hetero) is 2. The van der Waals surface area contributed by atoms with Crippen LogP contribution in [0, 0.1) is 0 Å². The summed E-state index contributed by atoms with van der Waals surface area (Å²) in [6.07, 6.45) is 0. The molecule has 116 valence electrons. The second kappa shape index (κ2) is 9.95. The smallest absolute Gasteiger partial charge is 0.199 e. The van der Waals surface area contributed by atoms with Crippen molar-refractivity contribution in [3.63, 3.8) is 0 Å². The third-order valence-electron chi connectivity index (χ3n) is 2.72. The average Bonchev–Trinajstić information content (AvgIpc) is 2.48. The van der Waals surface area contributed by atoms with Crippen molar-refractivity contribution < 1.29 is 9.59 Å². The van der Waals surface area contributed by atoms with Gasteiger partial charge in [-0.3, -0.25) is 9.59 Å². The van der Waals surface area contributed by atoms with Crippen LogP contribution >= 0.6 is 57.2 Å². The van der Waals surface area contributed by atoms with Crippen molar-refractivity contribution in [3.05, 3.63) is 81.9 Å². The van der Waals surface area contributed by atoms with Crippen molar-refractivity contribution >= 4 is 68.7 Å². The molecule has 0 saturated heterocycles. The summed E-state index contributed by atoms with van der Waals surface area (Å²) in [6.45, 7) is 0. The molecule has 0 aliphatic carbocycles. The zero-order valence-corrected chi connectivity index (χ0v) is 16.1. The Labute approximate surface area is 159 Å². The first-order valence-electron chi connectivity index (χ1n) is 5.86. The van der Waals surface area contributed by atoms with Gasteiger partial charge in [0.05, 0.1) is 0 Å². The zero-order chi connectivity index (χ0) is 14.5. The maximum absolute atomic E-state index is 12.4. The Morgan fingerprint density at radius 3 is 1.23 bits per heavy atom. The molecule has 0 bridgehead atoms. The summed E-state index contributed by atoms with van der Waals surface area (Å²) >= 11 is 11.5.